The van der Waals surface area contributed by atoms with E-state index in [9.17, 15) is 30.6 Å². The molecule has 2 aliphatic heterocycles. The average molecular weight is 357 g/mol. The lowest BCUT2D eigenvalue weighted by Gasteiger charge is -2.42. The first-order chi connectivity index (χ1) is 11.3. The van der Waals surface area contributed by atoms with E-state index in [1.807, 2.05) is 0 Å². The number of aliphatic hydroxyl groups excluding tert-OH is 7. The highest BCUT2D eigenvalue weighted by Crippen LogP contribution is 2.25. The van der Waals surface area contributed by atoms with E-state index in [1.54, 1.807) is 0 Å². The predicted molar refractivity (Wildman–Crippen MR) is 73.4 cm³/mol. The van der Waals surface area contributed by atoms with Gasteiger partial charge in [0, 0.05) is 7.11 Å². The Morgan fingerprint density at radius 3 is 1.96 bits per heavy atom. The van der Waals surface area contributed by atoms with Crippen LogP contribution in [0.25, 0.3) is 0 Å². The Hall–Kier alpha value is -0.440. The molecule has 0 bridgehead atoms. The summed E-state index contributed by atoms with van der Waals surface area (Å²) >= 11 is 0. The van der Waals surface area contributed by atoms with Crippen LogP contribution in [-0.2, 0) is 18.9 Å². The second-order valence-corrected chi connectivity index (χ2v) is 5.78. The summed E-state index contributed by atoms with van der Waals surface area (Å²) in [6, 6.07) is 0. The Kier molecular flexibility index (Phi) is 6.87. The third kappa shape index (κ3) is 3.86. The molecular weight excluding hydrogens is 333 g/mol. The lowest BCUT2D eigenvalue weighted by atomic mass is 9.99. The van der Waals surface area contributed by atoms with Crippen LogP contribution in [0.3, 0.4) is 0 Å². The number of ether oxygens (including phenoxy) is 4. The zero-order valence-corrected chi connectivity index (χ0v) is 13.0. The van der Waals surface area contributed by atoms with E-state index < -0.39 is 68.0 Å². The van der Waals surface area contributed by atoms with Crippen LogP contribution in [0, 0.1) is 0 Å². The third-order valence-corrected chi connectivity index (χ3v) is 4.17. The number of aliphatic hydroxyl groups is 7. The Bertz CT molecular complexity index is 356. The van der Waals surface area contributed by atoms with Crippen molar-refractivity contribution in [2.24, 2.45) is 0 Å². The Balaban J connectivity index is 1.96. The fraction of sp³-hybridized carbons (Fsp3) is 1.00. The minimum absolute atomic E-state index is 0.381. The second kappa shape index (κ2) is 8.29. The summed E-state index contributed by atoms with van der Waals surface area (Å²) < 4.78 is 20.5. The van der Waals surface area contributed by atoms with Gasteiger partial charge in [-0.25, -0.2) is 0 Å². The largest absolute Gasteiger partial charge is 0.394 e. The van der Waals surface area contributed by atoms with E-state index in [1.165, 1.54) is 7.11 Å². The van der Waals surface area contributed by atoms with E-state index in [0.717, 1.165) is 0 Å². The van der Waals surface area contributed by atoms with Crippen LogP contribution in [0.4, 0.5) is 0 Å². The summed E-state index contributed by atoms with van der Waals surface area (Å²) in [5, 5.41) is 67.6. The molecule has 2 rings (SSSR count). The van der Waals surface area contributed by atoms with Gasteiger partial charge >= 0.3 is 0 Å². The smallest absolute Gasteiger partial charge is 0.186 e. The van der Waals surface area contributed by atoms with Gasteiger partial charge in [0.25, 0.3) is 0 Å². The van der Waals surface area contributed by atoms with E-state index in [4.69, 9.17) is 24.1 Å². The van der Waals surface area contributed by atoms with Gasteiger partial charge in [-0.05, 0) is 0 Å². The molecule has 2 fully saturated rings. The molecule has 2 heterocycles. The van der Waals surface area contributed by atoms with Crippen LogP contribution in [0.5, 0.6) is 0 Å². The molecule has 142 valence electrons. The highest BCUT2D eigenvalue weighted by atomic mass is 17.4. The molecule has 0 amide bonds. The normalized spacial score (nSPS) is 50.0. The molecule has 24 heavy (non-hydrogen) atoms. The zero-order valence-electron chi connectivity index (χ0n) is 13.0. The average Bonchev–Trinajstić information content (AvgIpc) is 2.58. The molecule has 0 unspecified atom stereocenters. The van der Waals surface area contributed by atoms with Crippen LogP contribution < -0.4 is 0 Å². The van der Waals surface area contributed by atoms with Crippen molar-refractivity contribution in [1.82, 2.24) is 0 Å². The molecule has 0 aromatic heterocycles. The highest BCUT2D eigenvalue weighted by molar-refractivity contribution is 4.91. The Morgan fingerprint density at radius 1 is 0.792 bits per heavy atom. The van der Waals surface area contributed by atoms with Crippen molar-refractivity contribution in [2.45, 2.75) is 61.4 Å². The van der Waals surface area contributed by atoms with E-state index >= 15 is 0 Å². The standard InChI is InChI=1S/C13H24O11/c1-21-12-10(19)9(18)7(16)5(24-12)3-22-13-11(20)8(17)6(15)4(2-14)23-13/h4-20H,2-3H2,1H3/t4-,5-,6-,7-,8+,9+,10-,11-,12+,13-/m1/s1/i22+1. The quantitative estimate of drug-likeness (QED) is 0.251. The summed E-state index contributed by atoms with van der Waals surface area (Å²) in [7, 11) is 1.24. The van der Waals surface area contributed by atoms with E-state index in [2.05, 4.69) is 0 Å². The molecule has 0 radical (unpaired) electrons. The highest BCUT2D eigenvalue weighted by Gasteiger charge is 2.47. The van der Waals surface area contributed by atoms with Crippen molar-refractivity contribution in [1.29, 1.82) is 0 Å². The maximum Gasteiger partial charge on any atom is 0.186 e. The van der Waals surface area contributed by atoms with Crippen molar-refractivity contribution in [3.63, 3.8) is 0 Å². The van der Waals surface area contributed by atoms with Crippen molar-refractivity contribution < 1.29 is 54.7 Å². The van der Waals surface area contributed by atoms with Gasteiger partial charge in [0.15, 0.2) is 12.6 Å². The summed E-state index contributed by atoms with van der Waals surface area (Å²) in [5.41, 5.74) is 0. The van der Waals surface area contributed by atoms with Gasteiger partial charge in [0.1, 0.15) is 48.8 Å². The summed E-state index contributed by atoms with van der Waals surface area (Å²) in [6.07, 6.45) is -14.0. The summed E-state index contributed by atoms with van der Waals surface area (Å²) in [4.78, 5) is 0. The van der Waals surface area contributed by atoms with Gasteiger partial charge in [-0.15, -0.1) is 0 Å². The summed E-state index contributed by atoms with van der Waals surface area (Å²) in [6.45, 7) is -0.989. The molecule has 0 aliphatic carbocycles. The topological polar surface area (TPSA) is 179 Å². The number of hydrogen-bond acceptors (Lipinski definition) is 11. The first-order valence-electron chi connectivity index (χ1n) is 7.46. The monoisotopic (exact) mass is 357 g/mol. The van der Waals surface area contributed by atoms with Gasteiger partial charge < -0.3 is 54.7 Å². The molecule has 11 heteroatoms. The first-order valence-corrected chi connectivity index (χ1v) is 7.46. The minimum atomic E-state index is -1.60. The van der Waals surface area contributed by atoms with Crippen LogP contribution in [0.15, 0.2) is 0 Å². The third-order valence-electron chi connectivity index (χ3n) is 4.17. The maximum atomic E-state index is 9.91. The SMILES string of the molecule is CO[C@H]1O[C@H](C[17O][C@@H]2O[C@H](CO)[C@@H](O)[C@H](O)[C@H]2O)[C@@H](O)[C@H](O)[C@H]1O. The number of rotatable bonds is 5. The molecule has 7 N–H and O–H groups in total. The second-order valence-electron chi connectivity index (χ2n) is 5.78. The Labute approximate surface area is 137 Å². The van der Waals surface area contributed by atoms with Crippen molar-refractivity contribution in [3.8, 4) is 0 Å². The molecule has 0 spiro atoms. The van der Waals surface area contributed by atoms with Crippen LogP contribution >= 0.6 is 0 Å². The molecule has 0 aromatic rings. The zero-order chi connectivity index (χ0) is 18.0. The van der Waals surface area contributed by atoms with Gasteiger partial charge in [-0.1, -0.05) is 0 Å². The van der Waals surface area contributed by atoms with Gasteiger partial charge in [-0.3, -0.25) is 0 Å². The molecule has 2 saturated heterocycles. The van der Waals surface area contributed by atoms with Gasteiger partial charge in [0.05, 0.1) is 13.2 Å². The van der Waals surface area contributed by atoms with E-state index in [0.29, 0.717) is 0 Å². The number of methoxy groups -OCH3 is 1. The van der Waals surface area contributed by atoms with Crippen molar-refractivity contribution in [3.05, 3.63) is 0 Å². The molecule has 10 atom stereocenters. The molecular formula is C13H24O11. The first kappa shape index (κ1) is 19.9. The molecule has 2 aliphatic rings. The summed E-state index contributed by atoms with van der Waals surface area (Å²) in [5.74, 6) is 0. The van der Waals surface area contributed by atoms with Gasteiger partial charge in [-0.2, -0.15) is 0 Å². The molecule has 0 aromatic carbocycles. The van der Waals surface area contributed by atoms with Crippen molar-refractivity contribution >= 4 is 0 Å². The van der Waals surface area contributed by atoms with Crippen LogP contribution in [-0.4, -0.2) is 117 Å². The Morgan fingerprint density at radius 2 is 1.38 bits per heavy atom. The maximum absolute atomic E-state index is 9.91. The van der Waals surface area contributed by atoms with Crippen LogP contribution in [0.1, 0.15) is 0 Å². The lowest BCUT2D eigenvalue weighted by Crippen LogP contribution is -2.61. The van der Waals surface area contributed by atoms with Gasteiger partial charge in [0.2, 0.25) is 0 Å². The fourth-order valence-electron chi connectivity index (χ4n) is 2.64. The molecule has 0 saturated carbocycles. The van der Waals surface area contributed by atoms with Crippen molar-refractivity contribution in [2.75, 3.05) is 20.3 Å². The lowest BCUT2D eigenvalue weighted by molar-refractivity contribution is -0.328. The minimum Gasteiger partial charge on any atom is -0.394 e. The fourth-order valence-corrected chi connectivity index (χ4v) is 2.64. The van der Waals surface area contributed by atoms with Crippen LogP contribution in [0.2, 0.25) is 0 Å². The number of hydrogen-bond donors (Lipinski definition) is 7. The predicted octanol–water partition coefficient (Wildman–Crippen LogP) is -4.74. The molecule has 11 nitrogen and oxygen atoms in total. The van der Waals surface area contributed by atoms with E-state index in [-0.39, 0.29) is 6.61 Å².